The molecule has 2 aromatic rings. The third kappa shape index (κ3) is 5.77. The molecule has 2 saturated heterocycles. The molecular weight excluding hydrogens is 446 g/mol. The molecule has 2 aliphatic rings. The van der Waals surface area contributed by atoms with Crippen LogP contribution < -0.4 is 5.32 Å². The molecule has 1 aromatic carbocycles. The minimum Gasteiger partial charge on any atom is -0.379 e. The highest BCUT2D eigenvalue weighted by molar-refractivity contribution is 7.91. The fraction of sp³-hybridized carbons (Fsp3) is 0.522. The smallest absolute Gasteiger partial charge is 0.252 e. The summed E-state index contributed by atoms with van der Waals surface area (Å²) in [6.07, 6.45) is 4.85. The van der Waals surface area contributed by atoms with Gasteiger partial charge in [0.05, 0.1) is 13.2 Å². The zero-order valence-corrected chi connectivity index (χ0v) is 19.9. The molecule has 2 aliphatic heterocycles. The quantitative estimate of drug-likeness (QED) is 0.592. The molecule has 4 rings (SSSR count). The lowest BCUT2D eigenvalue weighted by atomic mass is 10.1. The average Bonchev–Trinajstić information content (AvgIpc) is 3.34. The molecule has 174 valence electrons. The van der Waals surface area contributed by atoms with Crippen LogP contribution in [0.3, 0.4) is 0 Å². The largest absolute Gasteiger partial charge is 0.379 e. The van der Waals surface area contributed by atoms with Crippen molar-refractivity contribution in [1.82, 2.24) is 14.5 Å². The molecule has 2 fully saturated rings. The van der Waals surface area contributed by atoms with E-state index in [1.54, 1.807) is 18.2 Å². The number of sulfonamides is 1. The van der Waals surface area contributed by atoms with Gasteiger partial charge in [-0.15, -0.1) is 11.3 Å². The molecule has 3 heterocycles. The molecule has 1 amide bonds. The van der Waals surface area contributed by atoms with Crippen LogP contribution >= 0.6 is 11.3 Å². The van der Waals surface area contributed by atoms with Gasteiger partial charge in [-0.2, -0.15) is 4.31 Å². The molecule has 0 radical (unpaired) electrons. The SMILES string of the molecule is O=C(NCCCN1CCCCC1)c1ccc(-c2ccc(S(=O)(=O)N3CCOCC3)s2)cc1. The predicted molar refractivity (Wildman–Crippen MR) is 127 cm³/mol. The van der Waals surface area contributed by atoms with Crippen LogP contribution in [0.2, 0.25) is 0 Å². The van der Waals surface area contributed by atoms with E-state index >= 15 is 0 Å². The molecule has 1 N–H and O–H groups in total. The Balaban J connectivity index is 1.31. The fourth-order valence-corrected chi connectivity index (χ4v) is 6.98. The number of nitrogens with zero attached hydrogens (tertiary/aromatic N) is 2. The van der Waals surface area contributed by atoms with Gasteiger partial charge in [-0.1, -0.05) is 18.6 Å². The van der Waals surface area contributed by atoms with Crippen molar-refractivity contribution in [3.8, 4) is 10.4 Å². The Bertz CT molecular complexity index is 993. The van der Waals surface area contributed by atoms with Crippen molar-refractivity contribution in [2.45, 2.75) is 29.9 Å². The number of carbonyl (C=O) groups excluding carboxylic acids is 1. The highest BCUT2D eigenvalue weighted by atomic mass is 32.2. The number of rotatable bonds is 8. The second-order valence-electron chi connectivity index (χ2n) is 8.22. The Hall–Kier alpha value is -1.78. The van der Waals surface area contributed by atoms with Gasteiger partial charge in [0.15, 0.2) is 0 Å². The van der Waals surface area contributed by atoms with Gasteiger partial charge in [0, 0.05) is 30.1 Å². The first-order valence-corrected chi connectivity index (χ1v) is 13.6. The van der Waals surface area contributed by atoms with E-state index in [1.165, 1.54) is 48.0 Å². The maximum Gasteiger partial charge on any atom is 0.252 e. The standard InChI is InChI=1S/C23H31N3O4S2/c27-23(24-11-4-14-25-12-2-1-3-13-25)20-7-5-19(6-8-20)21-9-10-22(31-21)32(28,29)26-15-17-30-18-16-26/h5-10H,1-4,11-18H2,(H,24,27). The van der Waals surface area contributed by atoms with Crippen LogP contribution in [0.15, 0.2) is 40.6 Å². The average molecular weight is 478 g/mol. The van der Waals surface area contributed by atoms with Crippen LogP contribution in [-0.4, -0.2) is 76.0 Å². The van der Waals surface area contributed by atoms with Crippen molar-refractivity contribution in [2.24, 2.45) is 0 Å². The molecule has 9 heteroatoms. The summed E-state index contributed by atoms with van der Waals surface area (Å²) in [5.41, 5.74) is 1.52. The Morgan fingerprint density at radius 1 is 0.969 bits per heavy atom. The zero-order valence-electron chi connectivity index (χ0n) is 18.3. The van der Waals surface area contributed by atoms with Gasteiger partial charge in [-0.3, -0.25) is 4.79 Å². The van der Waals surface area contributed by atoms with Gasteiger partial charge in [0.2, 0.25) is 0 Å². The molecule has 7 nitrogen and oxygen atoms in total. The fourth-order valence-electron chi connectivity index (χ4n) is 4.10. The number of ether oxygens (including phenoxy) is 1. The minimum absolute atomic E-state index is 0.0723. The van der Waals surface area contributed by atoms with Crippen LogP contribution in [-0.2, 0) is 14.8 Å². The Kier molecular flexibility index (Phi) is 7.96. The molecule has 1 aromatic heterocycles. The van der Waals surface area contributed by atoms with Crippen LogP contribution in [0, 0.1) is 0 Å². The van der Waals surface area contributed by atoms with E-state index in [0.717, 1.165) is 23.4 Å². The van der Waals surface area contributed by atoms with Crippen molar-refractivity contribution < 1.29 is 17.9 Å². The van der Waals surface area contributed by atoms with Crippen LogP contribution in [0.5, 0.6) is 0 Å². The van der Waals surface area contributed by atoms with E-state index < -0.39 is 10.0 Å². The van der Waals surface area contributed by atoms with Gasteiger partial charge in [0.1, 0.15) is 4.21 Å². The number of piperidine rings is 1. The summed E-state index contributed by atoms with van der Waals surface area (Å²) in [6.45, 7) is 5.69. The normalized spacial score (nSPS) is 18.5. The zero-order chi connectivity index (χ0) is 22.4. The highest BCUT2D eigenvalue weighted by Crippen LogP contribution is 2.32. The number of thiophene rings is 1. The van der Waals surface area contributed by atoms with Crippen LogP contribution in [0.4, 0.5) is 0 Å². The first-order valence-electron chi connectivity index (χ1n) is 11.3. The number of nitrogens with one attached hydrogen (secondary N) is 1. The minimum atomic E-state index is -3.49. The number of benzene rings is 1. The van der Waals surface area contributed by atoms with Crippen LogP contribution in [0.1, 0.15) is 36.0 Å². The molecule has 0 bridgehead atoms. The van der Waals surface area contributed by atoms with Crippen LogP contribution in [0.25, 0.3) is 10.4 Å². The monoisotopic (exact) mass is 477 g/mol. The lowest BCUT2D eigenvalue weighted by molar-refractivity contribution is 0.0731. The number of morpholine rings is 1. The summed E-state index contributed by atoms with van der Waals surface area (Å²) < 4.78 is 32.7. The number of likely N-dealkylation sites (tertiary alicyclic amines) is 1. The summed E-state index contributed by atoms with van der Waals surface area (Å²) >= 11 is 1.26. The summed E-state index contributed by atoms with van der Waals surface area (Å²) in [5, 5.41) is 3.00. The molecule has 0 aliphatic carbocycles. The van der Waals surface area contributed by atoms with E-state index in [1.807, 2.05) is 18.2 Å². The Labute approximate surface area is 194 Å². The summed E-state index contributed by atoms with van der Waals surface area (Å²) in [7, 11) is -3.49. The second kappa shape index (κ2) is 10.9. The first-order chi connectivity index (χ1) is 15.5. The molecule has 0 saturated carbocycles. The van der Waals surface area contributed by atoms with Crippen molar-refractivity contribution >= 4 is 27.3 Å². The van der Waals surface area contributed by atoms with Crippen molar-refractivity contribution in [2.75, 3.05) is 52.5 Å². The van der Waals surface area contributed by atoms with E-state index in [-0.39, 0.29) is 5.91 Å². The Morgan fingerprint density at radius 2 is 1.69 bits per heavy atom. The van der Waals surface area contributed by atoms with Gasteiger partial charge in [-0.05, 0) is 68.7 Å². The van der Waals surface area contributed by atoms with Gasteiger partial charge >= 0.3 is 0 Å². The maximum absolute atomic E-state index is 12.8. The molecule has 0 atom stereocenters. The lowest BCUT2D eigenvalue weighted by Gasteiger charge is -2.26. The first kappa shape index (κ1) is 23.4. The lowest BCUT2D eigenvalue weighted by Crippen LogP contribution is -2.40. The number of carbonyl (C=O) groups is 1. The second-order valence-corrected chi connectivity index (χ2v) is 11.5. The van der Waals surface area contributed by atoms with E-state index in [9.17, 15) is 13.2 Å². The third-order valence-electron chi connectivity index (χ3n) is 5.96. The maximum atomic E-state index is 12.8. The molecule has 32 heavy (non-hydrogen) atoms. The van der Waals surface area contributed by atoms with E-state index in [2.05, 4.69) is 10.2 Å². The molecule has 0 unspecified atom stereocenters. The van der Waals surface area contributed by atoms with Gasteiger partial charge in [0.25, 0.3) is 15.9 Å². The molecule has 0 spiro atoms. The molecular formula is C23H31N3O4S2. The summed E-state index contributed by atoms with van der Waals surface area (Å²) in [4.78, 5) is 15.8. The number of amides is 1. The topological polar surface area (TPSA) is 79.0 Å². The number of hydrogen-bond donors (Lipinski definition) is 1. The predicted octanol–water partition coefficient (Wildman–Crippen LogP) is 3.04. The van der Waals surface area contributed by atoms with Gasteiger partial charge in [-0.25, -0.2) is 8.42 Å². The van der Waals surface area contributed by atoms with Crippen molar-refractivity contribution in [3.63, 3.8) is 0 Å². The summed E-state index contributed by atoms with van der Waals surface area (Å²) in [5.74, 6) is -0.0723. The Morgan fingerprint density at radius 3 is 2.41 bits per heavy atom. The third-order valence-corrected chi connectivity index (χ3v) is 9.46. The highest BCUT2D eigenvalue weighted by Gasteiger charge is 2.27. The van der Waals surface area contributed by atoms with Crippen molar-refractivity contribution in [3.05, 3.63) is 42.0 Å². The van der Waals surface area contributed by atoms with E-state index in [0.29, 0.717) is 42.6 Å². The number of hydrogen-bond acceptors (Lipinski definition) is 6. The summed E-state index contributed by atoms with van der Waals surface area (Å²) in [6, 6.07) is 10.8. The van der Waals surface area contributed by atoms with E-state index in [4.69, 9.17) is 4.74 Å². The van der Waals surface area contributed by atoms with Crippen molar-refractivity contribution in [1.29, 1.82) is 0 Å². The van der Waals surface area contributed by atoms with Gasteiger partial charge < -0.3 is 15.0 Å².